The molecule has 184 valence electrons. The zero-order chi connectivity index (χ0) is 25.4. The van der Waals surface area contributed by atoms with E-state index >= 15 is 0 Å². The van der Waals surface area contributed by atoms with Crippen molar-refractivity contribution in [2.75, 3.05) is 16.2 Å². The van der Waals surface area contributed by atoms with Crippen LogP contribution in [0.1, 0.15) is 12.0 Å². The van der Waals surface area contributed by atoms with Gasteiger partial charge in [0, 0.05) is 35.9 Å². The maximum Gasteiger partial charge on any atom is 0.328 e. The SMILES string of the molecule is O=C(CCn1c(=O)[nH]c(=O)c2ccccc21)N1CCc2cc(NS(=O)(=O)c3ccc(Cl)cc3)ccc21. The van der Waals surface area contributed by atoms with Crippen molar-refractivity contribution in [1.82, 2.24) is 9.55 Å². The monoisotopic (exact) mass is 524 g/mol. The zero-order valence-corrected chi connectivity index (χ0v) is 20.5. The molecule has 2 N–H and O–H groups in total. The average Bonchev–Trinajstić information content (AvgIpc) is 3.27. The van der Waals surface area contributed by atoms with E-state index in [-0.39, 0.29) is 23.8 Å². The van der Waals surface area contributed by atoms with Crippen molar-refractivity contribution in [3.05, 3.63) is 98.2 Å². The summed E-state index contributed by atoms with van der Waals surface area (Å²) in [5, 5.41) is 0.819. The number of carbonyl (C=O) groups is 1. The van der Waals surface area contributed by atoms with Crippen molar-refractivity contribution < 1.29 is 13.2 Å². The average molecular weight is 525 g/mol. The molecule has 11 heteroatoms. The fraction of sp³-hybridized carbons (Fsp3) is 0.160. The second-order valence-electron chi connectivity index (χ2n) is 8.38. The third-order valence-corrected chi connectivity index (χ3v) is 7.76. The topological polar surface area (TPSA) is 121 Å². The maximum atomic E-state index is 13.0. The number of nitrogens with zero attached hydrogens (tertiary/aromatic N) is 2. The Morgan fingerprint density at radius 2 is 1.78 bits per heavy atom. The number of benzene rings is 3. The van der Waals surface area contributed by atoms with Gasteiger partial charge in [0.05, 0.1) is 15.8 Å². The van der Waals surface area contributed by atoms with Crippen LogP contribution in [-0.4, -0.2) is 30.4 Å². The summed E-state index contributed by atoms with van der Waals surface area (Å²) in [5.41, 5.74) is 1.38. The molecule has 0 atom stereocenters. The number of anilines is 2. The highest BCUT2D eigenvalue weighted by molar-refractivity contribution is 7.92. The summed E-state index contributed by atoms with van der Waals surface area (Å²) < 4.78 is 29.3. The van der Waals surface area contributed by atoms with Crippen LogP contribution in [0.3, 0.4) is 0 Å². The highest BCUT2D eigenvalue weighted by Crippen LogP contribution is 2.32. The molecule has 2 heterocycles. The summed E-state index contributed by atoms with van der Waals surface area (Å²) in [6.45, 7) is 0.558. The lowest BCUT2D eigenvalue weighted by atomic mass is 10.1. The third-order valence-electron chi connectivity index (χ3n) is 6.11. The minimum atomic E-state index is -3.79. The van der Waals surface area contributed by atoms with E-state index in [4.69, 9.17) is 11.6 Å². The van der Waals surface area contributed by atoms with Gasteiger partial charge < -0.3 is 4.90 Å². The van der Waals surface area contributed by atoms with E-state index in [9.17, 15) is 22.8 Å². The van der Waals surface area contributed by atoms with Gasteiger partial charge in [0.1, 0.15) is 0 Å². The molecule has 1 aliphatic rings. The Morgan fingerprint density at radius 3 is 2.56 bits per heavy atom. The molecule has 1 amide bonds. The number of hydrogen-bond acceptors (Lipinski definition) is 5. The third kappa shape index (κ3) is 4.52. The van der Waals surface area contributed by atoms with Gasteiger partial charge in [0.2, 0.25) is 5.91 Å². The van der Waals surface area contributed by atoms with Crippen molar-refractivity contribution in [2.45, 2.75) is 24.3 Å². The smallest absolute Gasteiger partial charge is 0.312 e. The molecule has 0 aliphatic carbocycles. The van der Waals surface area contributed by atoms with E-state index in [0.717, 1.165) is 5.56 Å². The van der Waals surface area contributed by atoms with E-state index in [2.05, 4.69) is 9.71 Å². The number of fused-ring (bicyclic) bond motifs is 2. The Labute approximate surface area is 211 Å². The number of rotatable bonds is 6. The van der Waals surface area contributed by atoms with Crippen LogP contribution >= 0.6 is 11.6 Å². The molecule has 0 spiro atoms. The van der Waals surface area contributed by atoms with Gasteiger partial charge in [0.25, 0.3) is 15.6 Å². The minimum absolute atomic E-state index is 0.0559. The lowest BCUT2D eigenvalue weighted by Crippen LogP contribution is -2.34. The Hall–Kier alpha value is -3.89. The predicted octanol–water partition coefficient (Wildman–Crippen LogP) is 3.12. The van der Waals surface area contributed by atoms with Gasteiger partial charge in [-0.3, -0.25) is 23.9 Å². The number of carbonyl (C=O) groups excluding carboxylic acids is 1. The van der Waals surface area contributed by atoms with Crippen molar-refractivity contribution in [3.63, 3.8) is 0 Å². The first-order valence-corrected chi connectivity index (χ1v) is 13.0. The van der Waals surface area contributed by atoms with E-state index in [1.165, 1.54) is 28.8 Å². The minimum Gasteiger partial charge on any atom is -0.312 e. The molecule has 5 rings (SSSR count). The van der Waals surface area contributed by atoms with Crippen LogP contribution in [0.4, 0.5) is 11.4 Å². The van der Waals surface area contributed by atoms with E-state index in [0.29, 0.717) is 40.3 Å². The van der Waals surface area contributed by atoms with Gasteiger partial charge >= 0.3 is 5.69 Å². The highest BCUT2D eigenvalue weighted by atomic mass is 35.5. The molecule has 0 fully saturated rings. The molecule has 1 aromatic heterocycles. The Kier molecular flexibility index (Phi) is 6.15. The molecular weight excluding hydrogens is 504 g/mol. The first-order valence-electron chi connectivity index (χ1n) is 11.2. The van der Waals surface area contributed by atoms with Crippen LogP contribution in [0.5, 0.6) is 0 Å². The number of aromatic nitrogens is 2. The second kappa shape index (κ2) is 9.29. The number of H-pyrrole nitrogens is 1. The molecule has 0 bridgehead atoms. The highest BCUT2D eigenvalue weighted by Gasteiger charge is 2.25. The van der Waals surface area contributed by atoms with Gasteiger partial charge in [-0.25, -0.2) is 13.2 Å². The first kappa shape index (κ1) is 23.8. The molecule has 0 saturated carbocycles. The predicted molar refractivity (Wildman–Crippen MR) is 138 cm³/mol. The van der Waals surface area contributed by atoms with Crippen LogP contribution in [-0.2, 0) is 27.8 Å². The first-order chi connectivity index (χ1) is 17.2. The number of para-hydroxylation sites is 1. The number of halogens is 1. The van der Waals surface area contributed by atoms with Crippen molar-refractivity contribution in [2.24, 2.45) is 0 Å². The number of amides is 1. The van der Waals surface area contributed by atoms with E-state index in [1.54, 1.807) is 47.4 Å². The van der Waals surface area contributed by atoms with E-state index in [1.807, 2.05) is 0 Å². The molecule has 1 aliphatic heterocycles. The largest absolute Gasteiger partial charge is 0.328 e. The van der Waals surface area contributed by atoms with Crippen LogP contribution in [0.2, 0.25) is 5.02 Å². The summed E-state index contributed by atoms with van der Waals surface area (Å²) in [4.78, 5) is 41.5. The maximum absolute atomic E-state index is 13.0. The summed E-state index contributed by atoms with van der Waals surface area (Å²) in [6.07, 6.45) is 0.624. The number of aromatic amines is 1. The molecule has 0 radical (unpaired) electrons. The summed E-state index contributed by atoms with van der Waals surface area (Å²) in [7, 11) is -3.79. The molecule has 0 saturated heterocycles. The van der Waals surface area contributed by atoms with Crippen LogP contribution in [0.15, 0.2) is 81.2 Å². The van der Waals surface area contributed by atoms with Crippen LogP contribution in [0, 0.1) is 0 Å². The quantitative estimate of drug-likeness (QED) is 0.401. The molecule has 4 aromatic rings. The number of sulfonamides is 1. The molecule has 0 unspecified atom stereocenters. The summed E-state index contributed by atoms with van der Waals surface area (Å²) in [5.74, 6) is -0.176. The fourth-order valence-corrected chi connectivity index (χ4v) is 5.53. The number of hydrogen-bond donors (Lipinski definition) is 2. The molecular formula is C25H21ClN4O5S. The molecule has 9 nitrogen and oxygen atoms in total. The van der Waals surface area contributed by atoms with Crippen molar-refractivity contribution >= 4 is 49.8 Å². The Balaban J connectivity index is 1.32. The number of nitrogens with one attached hydrogen (secondary N) is 2. The number of aryl methyl sites for hydroxylation is 1. The normalized spacial score (nSPS) is 13.1. The molecule has 36 heavy (non-hydrogen) atoms. The van der Waals surface area contributed by atoms with Gasteiger partial charge in [-0.15, -0.1) is 0 Å². The van der Waals surface area contributed by atoms with Crippen molar-refractivity contribution in [1.29, 1.82) is 0 Å². The standard InChI is InChI=1S/C25H21ClN4O5S/c26-17-5-8-19(9-6-17)36(34,35)28-18-7-10-21-16(15-18)11-13-29(21)23(31)12-14-30-22-4-2-1-3-20(22)24(32)27-25(30)33/h1-10,15,28H,11-14H2,(H,27,32,33). The van der Waals surface area contributed by atoms with E-state index < -0.39 is 21.3 Å². The zero-order valence-electron chi connectivity index (χ0n) is 18.9. The van der Waals surface area contributed by atoms with Crippen molar-refractivity contribution in [3.8, 4) is 0 Å². The summed E-state index contributed by atoms with van der Waals surface area (Å²) >= 11 is 5.84. The van der Waals surface area contributed by atoms with Gasteiger partial charge in [0.15, 0.2) is 0 Å². The van der Waals surface area contributed by atoms with Gasteiger partial charge in [-0.2, -0.15) is 0 Å². The Bertz CT molecular complexity index is 1710. The summed E-state index contributed by atoms with van der Waals surface area (Å²) in [6, 6.07) is 17.6. The lowest BCUT2D eigenvalue weighted by Gasteiger charge is -2.18. The van der Waals surface area contributed by atoms with Gasteiger partial charge in [-0.1, -0.05) is 23.7 Å². The Morgan fingerprint density at radius 1 is 1.03 bits per heavy atom. The van der Waals surface area contributed by atoms with Gasteiger partial charge in [-0.05, 0) is 66.6 Å². The van der Waals surface area contributed by atoms with Crippen LogP contribution < -0.4 is 20.9 Å². The van der Waals surface area contributed by atoms with Crippen LogP contribution in [0.25, 0.3) is 10.9 Å². The molecule has 3 aromatic carbocycles. The fourth-order valence-electron chi connectivity index (χ4n) is 4.36. The lowest BCUT2D eigenvalue weighted by molar-refractivity contribution is -0.118. The second-order valence-corrected chi connectivity index (χ2v) is 10.5.